The fraction of sp³-hybridized carbons (Fsp3) is 0.903. The van der Waals surface area contributed by atoms with Crippen LogP contribution in [0, 0.1) is 50.7 Å². The van der Waals surface area contributed by atoms with Crippen molar-refractivity contribution < 1.29 is 24.9 Å². The van der Waals surface area contributed by atoms with E-state index in [2.05, 4.69) is 47.6 Å². The van der Waals surface area contributed by atoms with Crippen molar-refractivity contribution in [3.8, 4) is 0 Å². The smallest absolute Gasteiger partial charge is 0.312 e. The molecule has 0 saturated heterocycles. The van der Waals surface area contributed by atoms with Crippen molar-refractivity contribution in [3.05, 3.63) is 11.6 Å². The van der Waals surface area contributed by atoms with E-state index in [0.29, 0.717) is 18.3 Å². The maximum Gasteiger partial charge on any atom is 0.312 e. The zero-order chi connectivity index (χ0) is 26.7. The Kier molecular flexibility index (Phi) is 5.80. The molecule has 3 N–H and O–H groups in total. The Labute approximate surface area is 218 Å². The summed E-state index contributed by atoms with van der Waals surface area (Å²) in [6.45, 7) is 15.6. The molecule has 0 aromatic heterocycles. The predicted molar refractivity (Wildman–Crippen MR) is 140 cm³/mol. The lowest BCUT2D eigenvalue weighted by Crippen LogP contribution is -2.68. The third-order valence-corrected chi connectivity index (χ3v) is 13.6. The molecule has 4 fully saturated rings. The number of fused-ring (bicyclic) bond motifs is 7. The molecule has 204 valence electrons. The molecule has 0 heterocycles. The van der Waals surface area contributed by atoms with Gasteiger partial charge in [-0.25, -0.2) is 0 Å². The normalized spacial score (nSPS) is 55.8. The third-order valence-electron chi connectivity index (χ3n) is 13.6. The van der Waals surface area contributed by atoms with E-state index in [1.54, 1.807) is 0 Å². The highest BCUT2D eigenvalue weighted by Gasteiger charge is 2.72. The fourth-order valence-electron chi connectivity index (χ4n) is 11.2. The number of rotatable bonds is 1. The number of methoxy groups -OCH3 is 1. The molecular formula is C31H50O5. The number of aliphatic hydroxyl groups is 3. The van der Waals surface area contributed by atoms with Crippen LogP contribution in [0.1, 0.15) is 99.8 Å². The summed E-state index contributed by atoms with van der Waals surface area (Å²) >= 11 is 0. The zero-order valence-corrected chi connectivity index (χ0v) is 23.9. The van der Waals surface area contributed by atoms with Crippen molar-refractivity contribution in [2.45, 2.75) is 118 Å². The van der Waals surface area contributed by atoms with E-state index < -0.39 is 23.2 Å². The summed E-state index contributed by atoms with van der Waals surface area (Å²) in [5, 5.41) is 34.0. The van der Waals surface area contributed by atoms with E-state index in [1.165, 1.54) is 12.7 Å². The Morgan fingerprint density at radius 1 is 0.972 bits per heavy atom. The quantitative estimate of drug-likeness (QED) is 0.336. The first-order valence-electron chi connectivity index (χ1n) is 14.4. The summed E-state index contributed by atoms with van der Waals surface area (Å²) in [4.78, 5) is 13.4. The highest BCUT2D eigenvalue weighted by atomic mass is 16.5. The largest absolute Gasteiger partial charge is 0.469 e. The number of allylic oxidation sites excluding steroid dienone is 1. The van der Waals surface area contributed by atoms with Crippen LogP contribution in [0.5, 0.6) is 0 Å². The Morgan fingerprint density at radius 3 is 2.28 bits per heavy atom. The van der Waals surface area contributed by atoms with Crippen LogP contribution in [0.25, 0.3) is 0 Å². The second-order valence-electron chi connectivity index (χ2n) is 15.1. The summed E-state index contributed by atoms with van der Waals surface area (Å²) < 4.78 is 5.43. The number of ether oxygens (including phenoxy) is 1. The van der Waals surface area contributed by atoms with Gasteiger partial charge in [-0.3, -0.25) is 4.79 Å². The predicted octanol–water partition coefficient (Wildman–Crippen LogP) is 5.26. The van der Waals surface area contributed by atoms with Gasteiger partial charge in [-0.2, -0.15) is 0 Å². The number of hydrogen-bond acceptors (Lipinski definition) is 5. The molecule has 4 saturated carbocycles. The molecule has 5 aliphatic carbocycles. The van der Waals surface area contributed by atoms with E-state index in [-0.39, 0.29) is 39.5 Å². The molecule has 0 aromatic carbocycles. The standard InChI is InChI=1S/C31H50O5/c1-18-11-14-31(25(34)36-8)16-15-28(5)19(23(31)30(18,7)35)9-10-22-27(4)17-20(32)24(33)26(2,3)21(27)12-13-29(22,28)6/h9,18,20-24,32-33,35H,10-17H2,1-8H3/t18-,20-,21+,22-,23+,24+,27-,28-,29-,30-,31+/m1/s1. The topological polar surface area (TPSA) is 87.0 Å². The summed E-state index contributed by atoms with van der Waals surface area (Å²) in [5.41, 5.74) is -0.928. The summed E-state index contributed by atoms with van der Waals surface area (Å²) in [7, 11) is 1.49. The number of hydrogen-bond donors (Lipinski definition) is 3. The number of carbonyl (C=O) groups excluding carboxylic acids is 1. The molecule has 0 bridgehead atoms. The van der Waals surface area contributed by atoms with Gasteiger partial charge in [0.25, 0.3) is 0 Å². The Balaban J connectivity index is 1.65. The molecule has 5 nitrogen and oxygen atoms in total. The summed E-state index contributed by atoms with van der Waals surface area (Å²) in [5.74, 6) is 0.430. The molecule has 0 aliphatic heterocycles. The number of esters is 1. The van der Waals surface area contributed by atoms with Crippen LogP contribution in [-0.4, -0.2) is 46.2 Å². The van der Waals surface area contributed by atoms with Crippen molar-refractivity contribution in [2.75, 3.05) is 7.11 Å². The molecule has 5 aliphatic rings. The maximum absolute atomic E-state index is 13.4. The maximum atomic E-state index is 13.4. The number of aliphatic hydroxyl groups excluding tert-OH is 2. The Bertz CT molecular complexity index is 968. The van der Waals surface area contributed by atoms with Gasteiger partial charge in [0, 0.05) is 5.92 Å². The highest BCUT2D eigenvalue weighted by molar-refractivity contribution is 5.79. The van der Waals surface area contributed by atoms with Crippen LogP contribution >= 0.6 is 0 Å². The minimum atomic E-state index is -0.975. The average molecular weight is 503 g/mol. The van der Waals surface area contributed by atoms with Crippen LogP contribution in [-0.2, 0) is 9.53 Å². The molecule has 0 spiro atoms. The number of carbonyl (C=O) groups is 1. The first-order chi connectivity index (χ1) is 16.5. The van der Waals surface area contributed by atoms with Crippen molar-refractivity contribution in [3.63, 3.8) is 0 Å². The first-order valence-corrected chi connectivity index (χ1v) is 14.4. The molecule has 0 radical (unpaired) electrons. The third kappa shape index (κ3) is 2.97. The van der Waals surface area contributed by atoms with E-state index in [0.717, 1.165) is 44.9 Å². The van der Waals surface area contributed by atoms with Gasteiger partial charge < -0.3 is 20.1 Å². The van der Waals surface area contributed by atoms with Gasteiger partial charge in [-0.05, 0) is 97.7 Å². The molecular weight excluding hydrogens is 452 g/mol. The van der Waals surface area contributed by atoms with Crippen molar-refractivity contribution in [1.29, 1.82) is 0 Å². The summed E-state index contributed by atoms with van der Waals surface area (Å²) in [6.07, 6.45) is 7.88. The molecule has 11 atom stereocenters. The SMILES string of the molecule is COC(=O)[C@]12CC[C@@H](C)[C@@](C)(O)[C@@H]1C1=CC[C@@H]3[C@]4(C)C[C@@H](O)[C@H](O)C(C)(C)[C@@H]4CC[C@@]3(C)[C@]1(C)CC2. The van der Waals surface area contributed by atoms with Gasteiger partial charge in [-0.1, -0.05) is 53.2 Å². The fourth-order valence-corrected chi connectivity index (χ4v) is 11.2. The van der Waals surface area contributed by atoms with E-state index in [9.17, 15) is 20.1 Å². The molecule has 0 aromatic rings. The second-order valence-corrected chi connectivity index (χ2v) is 15.1. The summed E-state index contributed by atoms with van der Waals surface area (Å²) in [6, 6.07) is 0. The molecule has 5 rings (SSSR count). The molecule has 0 amide bonds. The highest BCUT2D eigenvalue weighted by Crippen LogP contribution is 2.76. The van der Waals surface area contributed by atoms with Crippen LogP contribution in [0.2, 0.25) is 0 Å². The van der Waals surface area contributed by atoms with Crippen LogP contribution < -0.4 is 0 Å². The average Bonchev–Trinajstić information content (AvgIpc) is 2.80. The van der Waals surface area contributed by atoms with Gasteiger partial charge in [0.1, 0.15) is 0 Å². The first kappa shape index (κ1) is 26.7. The Morgan fingerprint density at radius 2 is 1.64 bits per heavy atom. The molecule has 36 heavy (non-hydrogen) atoms. The molecule has 5 heteroatoms. The van der Waals surface area contributed by atoms with Crippen LogP contribution in [0.15, 0.2) is 11.6 Å². The van der Waals surface area contributed by atoms with E-state index in [4.69, 9.17) is 4.74 Å². The van der Waals surface area contributed by atoms with Crippen molar-refractivity contribution in [2.24, 2.45) is 50.7 Å². The lowest BCUT2D eigenvalue weighted by molar-refractivity contribution is -0.237. The minimum Gasteiger partial charge on any atom is -0.469 e. The molecule has 0 unspecified atom stereocenters. The lowest BCUT2D eigenvalue weighted by atomic mass is 9.33. The van der Waals surface area contributed by atoms with E-state index in [1.807, 2.05) is 6.92 Å². The van der Waals surface area contributed by atoms with Gasteiger partial charge >= 0.3 is 5.97 Å². The van der Waals surface area contributed by atoms with E-state index >= 15 is 0 Å². The van der Waals surface area contributed by atoms with Gasteiger partial charge in [0.15, 0.2) is 0 Å². The zero-order valence-electron chi connectivity index (χ0n) is 23.9. The second kappa shape index (κ2) is 7.82. The van der Waals surface area contributed by atoms with Gasteiger partial charge in [0.05, 0.1) is 30.3 Å². The van der Waals surface area contributed by atoms with Gasteiger partial charge in [-0.15, -0.1) is 0 Å². The van der Waals surface area contributed by atoms with Crippen LogP contribution in [0.4, 0.5) is 0 Å². The van der Waals surface area contributed by atoms with Crippen molar-refractivity contribution in [1.82, 2.24) is 0 Å². The van der Waals surface area contributed by atoms with Crippen LogP contribution in [0.3, 0.4) is 0 Å². The lowest BCUT2D eigenvalue weighted by Gasteiger charge is -2.72. The van der Waals surface area contributed by atoms with Gasteiger partial charge in [0.2, 0.25) is 0 Å². The Hall–Kier alpha value is -0.910. The minimum absolute atomic E-state index is 0.0144. The monoisotopic (exact) mass is 502 g/mol. The van der Waals surface area contributed by atoms with Crippen molar-refractivity contribution >= 4 is 5.97 Å².